The largest absolute Gasteiger partial charge is 0.378 e. The summed E-state index contributed by atoms with van der Waals surface area (Å²) in [7, 11) is 0. The van der Waals surface area contributed by atoms with Crippen LogP contribution in [0.3, 0.4) is 0 Å². The number of rotatable bonds is 1. The van der Waals surface area contributed by atoms with E-state index in [1.807, 2.05) is 0 Å². The Hall–Kier alpha value is -0.0800. The van der Waals surface area contributed by atoms with Crippen LogP contribution in [0.1, 0.15) is 52.4 Å². The van der Waals surface area contributed by atoms with Gasteiger partial charge < -0.3 is 9.47 Å². The number of hydrogen-bond donors (Lipinski definition) is 0. The molecule has 4 atom stereocenters. The molecule has 0 bridgehead atoms. The average molecular weight is 226 g/mol. The molecule has 0 aromatic carbocycles. The quantitative estimate of drug-likeness (QED) is 0.682. The molecule has 0 aliphatic carbocycles. The van der Waals surface area contributed by atoms with Crippen molar-refractivity contribution in [3.63, 3.8) is 0 Å². The SMILES string of the molecule is CC1CCCOC(C2CCCCOC2C)C1. The van der Waals surface area contributed by atoms with Gasteiger partial charge in [0.15, 0.2) is 0 Å². The van der Waals surface area contributed by atoms with E-state index in [9.17, 15) is 0 Å². The van der Waals surface area contributed by atoms with E-state index >= 15 is 0 Å². The van der Waals surface area contributed by atoms with Crippen LogP contribution in [0.5, 0.6) is 0 Å². The van der Waals surface area contributed by atoms with Crippen molar-refractivity contribution < 1.29 is 9.47 Å². The summed E-state index contributed by atoms with van der Waals surface area (Å²) in [4.78, 5) is 0. The van der Waals surface area contributed by atoms with Gasteiger partial charge in [0.2, 0.25) is 0 Å². The summed E-state index contributed by atoms with van der Waals surface area (Å²) >= 11 is 0. The Labute approximate surface area is 99.7 Å². The summed E-state index contributed by atoms with van der Waals surface area (Å²) in [5, 5.41) is 0. The molecule has 2 rings (SSSR count). The lowest BCUT2D eigenvalue weighted by molar-refractivity contribution is -0.0515. The van der Waals surface area contributed by atoms with Gasteiger partial charge in [-0.3, -0.25) is 0 Å². The molecule has 0 spiro atoms. The molecule has 16 heavy (non-hydrogen) atoms. The van der Waals surface area contributed by atoms with Gasteiger partial charge in [-0.05, 0) is 44.9 Å². The van der Waals surface area contributed by atoms with E-state index < -0.39 is 0 Å². The van der Waals surface area contributed by atoms with Gasteiger partial charge in [-0.15, -0.1) is 0 Å². The van der Waals surface area contributed by atoms with Crippen molar-refractivity contribution >= 4 is 0 Å². The average Bonchev–Trinajstić information content (AvgIpc) is 2.58. The Balaban J connectivity index is 1.96. The van der Waals surface area contributed by atoms with Crippen molar-refractivity contribution in [2.45, 2.75) is 64.6 Å². The van der Waals surface area contributed by atoms with E-state index in [4.69, 9.17) is 9.47 Å². The first-order chi connectivity index (χ1) is 7.77. The summed E-state index contributed by atoms with van der Waals surface area (Å²) in [5.41, 5.74) is 0. The topological polar surface area (TPSA) is 18.5 Å². The van der Waals surface area contributed by atoms with Crippen molar-refractivity contribution in [3.8, 4) is 0 Å². The lowest BCUT2D eigenvalue weighted by Crippen LogP contribution is -2.33. The lowest BCUT2D eigenvalue weighted by atomic mass is 9.86. The molecule has 2 aliphatic rings. The Bertz CT molecular complexity index is 205. The Morgan fingerprint density at radius 3 is 2.56 bits per heavy atom. The maximum atomic E-state index is 6.06. The van der Waals surface area contributed by atoms with Gasteiger partial charge in [-0.2, -0.15) is 0 Å². The van der Waals surface area contributed by atoms with E-state index in [-0.39, 0.29) is 0 Å². The molecule has 2 heteroatoms. The van der Waals surface area contributed by atoms with Gasteiger partial charge in [-0.1, -0.05) is 13.3 Å². The third-order valence-corrected chi connectivity index (χ3v) is 4.20. The lowest BCUT2D eigenvalue weighted by Gasteiger charge is -2.30. The molecule has 0 amide bonds. The highest BCUT2D eigenvalue weighted by atomic mass is 16.5. The van der Waals surface area contributed by atoms with Gasteiger partial charge in [0.1, 0.15) is 0 Å². The van der Waals surface area contributed by atoms with Gasteiger partial charge in [0, 0.05) is 19.1 Å². The Kier molecular flexibility index (Phi) is 4.66. The van der Waals surface area contributed by atoms with E-state index in [2.05, 4.69) is 13.8 Å². The molecule has 2 nitrogen and oxygen atoms in total. The van der Waals surface area contributed by atoms with Crippen LogP contribution in [-0.2, 0) is 9.47 Å². The van der Waals surface area contributed by atoms with Crippen LogP contribution in [0, 0.1) is 11.8 Å². The maximum absolute atomic E-state index is 6.06. The molecule has 4 unspecified atom stereocenters. The predicted molar refractivity (Wildman–Crippen MR) is 65.5 cm³/mol. The van der Waals surface area contributed by atoms with Crippen molar-refractivity contribution in [1.82, 2.24) is 0 Å². The van der Waals surface area contributed by atoms with Crippen LogP contribution in [0.25, 0.3) is 0 Å². The molecule has 0 aromatic heterocycles. The maximum Gasteiger partial charge on any atom is 0.0630 e. The van der Waals surface area contributed by atoms with Crippen molar-refractivity contribution in [2.24, 2.45) is 11.8 Å². The minimum atomic E-state index is 0.387. The van der Waals surface area contributed by atoms with Crippen molar-refractivity contribution in [1.29, 1.82) is 0 Å². The molecule has 2 fully saturated rings. The molecular weight excluding hydrogens is 200 g/mol. The van der Waals surface area contributed by atoms with Crippen molar-refractivity contribution in [2.75, 3.05) is 13.2 Å². The molecule has 2 aliphatic heterocycles. The Morgan fingerprint density at radius 1 is 0.875 bits per heavy atom. The first-order valence-electron chi connectivity index (χ1n) is 7.00. The second-order valence-electron chi connectivity index (χ2n) is 5.63. The minimum absolute atomic E-state index is 0.387. The van der Waals surface area contributed by atoms with Crippen LogP contribution in [0.2, 0.25) is 0 Å². The highest BCUT2D eigenvalue weighted by molar-refractivity contribution is 4.81. The fourth-order valence-corrected chi connectivity index (χ4v) is 3.15. The van der Waals surface area contributed by atoms with Crippen molar-refractivity contribution in [3.05, 3.63) is 0 Å². The number of hydrogen-bond acceptors (Lipinski definition) is 2. The summed E-state index contributed by atoms with van der Waals surface area (Å²) in [5.74, 6) is 1.45. The van der Waals surface area contributed by atoms with Gasteiger partial charge >= 0.3 is 0 Å². The minimum Gasteiger partial charge on any atom is -0.378 e. The second kappa shape index (κ2) is 6.02. The summed E-state index contributed by atoms with van der Waals surface area (Å²) in [6.07, 6.45) is 8.46. The molecule has 94 valence electrons. The van der Waals surface area contributed by atoms with E-state index in [1.54, 1.807) is 0 Å². The second-order valence-corrected chi connectivity index (χ2v) is 5.63. The zero-order valence-corrected chi connectivity index (χ0v) is 10.8. The molecule has 0 N–H and O–H groups in total. The summed E-state index contributed by atoms with van der Waals surface area (Å²) in [6.45, 7) is 6.50. The van der Waals surface area contributed by atoms with Gasteiger partial charge in [0.05, 0.1) is 12.2 Å². The van der Waals surface area contributed by atoms with Crippen LogP contribution in [0.4, 0.5) is 0 Å². The van der Waals surface area contributed by atoms with Gasteiger partial charge in [0.25, 0.3) is 0 Å². The molecule has 2 heterocycles. The van der Waals surface area contributed by atoms with Crippen LogP contribution < -0.4 is 0 Å². The smallest absolute Gasteiger partial charge is 0.0630 e. The monoisotopic (exact) mass is 226 g/mol. The third-order valence-electron chi connectivity index (χ3n) is 4.20. The molecule has 0 radical (unpaired) electrons. The van der Waals surface area contributed by atoms with Gasteiger partial charge in [-0.25, -0.2) is 0 Å². The van der Waals surface area contributed by atoms with E-state index in [1.165, 1.54) is 38.5 Å². The standard InChI is InChI=1S/C14H26O2/c1-11-6-5-9-16-14(10-11)13-7-3-4-8-15-12(13)2/h11-14H,3-10H2,1-2H3. The van der Waals surface area contributed by atoms with Crippen LogP contribution in [-0.4, -0.2) is 25.4 Å². The first-order valence-corrected chi connectivity index (χ1v) is 7.00. The molecule has 0 saturated carbocycles. The molecule has 0 aromatic rings. The Morgan fingerprint density at radius 2 is 1.69 bits per heavy atom. The summed E-state index contributed by atoms with van der Waals surface area (Å²) in [6, 6.07) is 0. The first kappa shape index (κ1) is 12.4. The zero-order valence-electron chi connectivity index (χ0n) is 10.8. The van der Waals surface area contributed by atoms with Crippen LogP contribution >= 0.6 is 0 Å². The van der Waals surface area contributed by atoms with E-state index in [0.29, 0.717) is 18.1 Å². The van der Waals surface area contributed by atoms with Crippen LogP contribution in [0.15, 0.2) is 0 Å². The molecular formula is C14H26O2. The zero-order chi connectivity index (χ0) is 11.4. The summed E-state index contributed by atoms with van der Waals surface area (Å²) < 4.78 is 11.9. The normalized spacial score (nSPS) is 42.4. The molecule has 2 saturated heterocycles. The fraction of sp³-hybridized carbons (Fsp3) is 1.00. The van der Waals surface area contributed by atoms with E-state index in [0.717, 1.165) is 19.1 Å². The predicted octanol–water partition coefficient (Wildman–Crippen LogP) is 3.40. The highest BCUT2D eigenvalue weighted by Gasteiger charge is 2.31. The number of ether oxygens (including phenoxy) is 2. The third kappa shape index (κ3) is 3.21. The fourth-order valence-electron chi connectivity index (χ4n) is 3.15. The highest BCUT2D eigenvalue weighted by Crippen LogP contribution is 2.31.